The molecule has 5 nitrogen and oxygen atoms in total. The number of hydrogen-bond acceptors (Lipinski definition) is 5. The van der Waals surface area contributed by atoms with E-state index in [-0.39, 0.29) is 24.7 Å². The molecule has 0 unspecified atom stereocenters. The number of alkyl halides is 3. The van der Waals surface area contributed by atoms with Gasteiger partial charge in [0.15, 0.2) is 5.82 Å². The second-order valence-electron chi connectivity index (χ2n) is 6.31. The topological polar surface area (TPSA) is 68.2 Å². The maximum Gasteiger partial charge on any atom is 0.416 e. The molecule has 2 N–H and O–H groups in total. The van der Waals surface area contributed by atoms with Gasteiger partial charge >= 0.3 is 6.18 Å². The standard InChI is InChI=1S/C17H21F3N4O/c18-17(19,20)14-8-4-1-5-12(14)10-24(13-6-2-3-7-13)11-15-22-16(9-21)25-23-15/h1,4-5,8,13H,2-3,6-7,9-11,21H2. The first-order valence-electron chi connectivity index (χ1n) is 8.38. The van der Waals surface area contributed by atoms with Gasteiger partial charge in [0.25, 0.3) is 0 Å². The summed E-state index contributed by atoms with van der Waals surface area (Å²) in [5.74, 6) is 0.786. The summed E-state index contributed by atoms with van der Waals surface area (Å²) in [6.07, 6.45) is -0.257. The normalized spacial score (nSPS) is 16.0. The molecule has 0 saturated heterocycles. The van der Waals surface area contributed by atoms with Crippen LogP contribution >= 0.6 is 0 Å². The Morgan fingerprint density at radius 3 is 2.52 bits per heavy atom. The third-order valence-electron chi connectivity index (χ3n) is 4.57. The monoisotopic (exact) mass is 354 g/mol. The molecule has 1 aromatic carbocycles. The molecular formula is C17H21F3N4O. The van der Waals surface area contributed by atoms with Gasteiger partial charge in [-0.25, -0.2) is 0 Å². The van der Waals surface area contributed by atoms with Gasteiger partial charge in [-0.3, -0.25) is 4.90 Å². The Hall–Kier alpha value is -1.93. The zero-order chi connectivity index (χ0) is 17.9. The highest BCUT2D eigenvalue weighted by Crippen LogP contribution is 2.34. The first-order valence-corrected chi connectivity index (χ1v) is 8.38. The fourth-order valence-corrected chi connectivity index (χ4v) is 3.36. The molecule has 0 bridgehead atoms. The number of aromatic nitrogens is 2. The first kappa shape index (κ1) is 17.9. The molecular weight excluding hydrogens is 333 g/mol. The van der Waals surface area contributed by atoms with Crippen molar-refractivity contribution in [3.63, 3.8) is 0 Å². The third kappa shape index (κ3) is 4.38. The Balaban J connectivity index is 1.83. The highest BCUT2D eigenvalue weighted by molar-refractivity contribution is 5.29. The number of benzene rings is 1. The number of rotatable bonds is 6. The molecule has 0 aliphatic heterocycles. The molecule has 0 amide bonds. The van der Waals surface area contributed by atoms with E-state index < -0.39 is 11.7 Å². The Kier molecular flexibility index (Phi) is 5.39. The van der Waals surface area contributed by atoms with E-state index in [9.17, 15) is 13.2 Å². The second kappa shape index (κ2) is 7.53. The van der Waals surface area contributed by atoms with Crippen molar-refractivity contribution in [3.8, 4) is 0 Å². The van der Waals surface area contributed by atoms with Gasteiger partial charge in [-0.05, 0) is 24.5 Å². The highest BCUT2D eigenvalue weighted by atomic mass is 19.4. The van der Waals surface area contributed by atoms with E-state index in [1.54, 1.807) is 6.07 Å². The van der Waals surface area contributed by atoms with Crippen LogP contribution in [-0.4, -0.2) is 21.1 Å². The number of nitrogens with zero attached hydrogens (tertiary/aromatic N) is 3. The van der Waals surface area contributed by atoms with E-state index in [2.05, 4.69) is 10.1 Å². The van der Waals surface area contributed by atoms with E-state index in [1.807, 2.05) is 4.90 Å². The molecule has 0 spiro atoms. The van der Waals surface area contributed by atoms with Gasteiger partial charge in [-0.1, -0.05) is 36.2 Å². The van der Waals surface area contributed by atoms with Crippen molar-refractivity contribution >= 4 is 0 Å². The van der Waals surface area contributed by atoms with Crippen LogP contribution in [0.15, 0.2) is 28.8 Å². The lowest BCUT2D eigenvalue weighted by Crippen LogP contribution is -2.33. The second-order valence-corrected chi connectivity index (χ2v) is 6.31. The van der Waals surface area contributed by atoms with Crippen LogP contribution < -0.4 is 5.73 Å². The number of halogens is 3. The fourth-order valence-electron chi connectivity index (χ4n) is 3.36. The Bertz CT molecular complexity index is 695. The summed E-state index contributed by atoms with van der Waals surface area (Å²) in [6, 6.07) is 5.94. The van der Waals surface area contributed by atoms with Gasteiger partial charge in [0.1, 0.15) is 0 Å². The van der Waals surface area contributed by atoms with Crippen LogP contribution in [0, 0.1) is 0 Å². The van der Waals surface area contributed by atoms with Gasteiger partial charge in [0.05, 0.1) is 18.7 Å². The van der Waals surface area contributed by atoms with Crippen molar-refractivity contribution in [2.24, 2.45) is 5.73 Å². The summed E-state index contributed by atoms with van der Waals surface area (Å²) < 4.78 is 44.9. The zero-order valence-corrected chi connectivity index (χ0v) is 13.8. The van der Waals surface area contributed by atoms with Gasteiger partial charge < -0.3 is 10.3 Å². The van der Waals surface area contributed by atoms with E-state index in [4.69, 9.17) is 10.3 Å². The largest absolute Gasteiger partial charge is 0.416 e. The van der Waals surface area contributed by atoms with Crippen molar-refractivity contribution in [1.82, 2.24) is 15.0 Å². The minimum absolute atomic E-state index is 0.146. The van der Waals surface area contributed by atoms with Crippen LogP contribution in [0.4, 0.5) is 13.2 Å². The molecule has 1 aliphatic rings. The van der Waals surface area contributed by atoms with Crippen molar-refractivity contribution < 1.29 is 17.7 Å². The van der Waals surface area contributed by atoms with Crippen LogP contribution in [0.1, 0.15) is 48.5 Å². The minimum Gasteiger partial charge on any atom is -0.338 e. The van der Waals surface area contributed by atoms with Crippen LogP contribution in [-0.2, 0) is 25.8 Å². The smallest absolute Gasteiger partial charge is 0.338 e. The summed E-state index contributed by atoms with van der Waals surface area (Å²) in [5.41, 5.74) is 5.15. The Morgan fingerprint density at radius 1 is 1.16 bits per heavy atom. The van der Waals surface area contributed by atoms with Gasteiger partial charge in [-0.15, -0.1) is 0 Å². The van der Waals surface area contributed by atoms with Gasteiger partial charge in [0, 0.05) is 12.6 Å². The molecule has 1 saturated carbocycles. The van der Waals surface area contributed by atoms with E-state index >= 15 is 0 Å². The first-order chi connectivity index (χ1) is 12.0. The van der Waals surface area contributed by atoms with Crippen LogP contribution in [0.3, 0.4) is 0 Å². The lowest BCUT2D eigenvalue weighted by molar-refractivity contribution is -0.138. The summed E-state index contributed by atoms with van der Waals surface area (Å²) >= 11 is 0. The van der Waals surface area contributed by atoms with E-state index in [0.29, 0.717) is 18.3 Å². The molecule has 136 valence electrons. The molecule has 8 heteroatoms. The molecule has 3 rings (SSSR count). The predicted octanol–water partition coefficient (Wildman–Crippen LogP) is 3.49. The zero-order valence-electron chi connectivity index (χ0n) is 13.8. The maximum atomic E-state index is 13.3. The van der Waals surface area contributed by atoms with Crippen LogP contribution in [0.25, 0.3) is 0 Å². The molecule has 2 aromatic rings. The predicted molar refractivity (Wildman–Crippen MR) is 85.1 cm³/mol. The number of nitrogens with two attached hydrogens (primary N) is 1. The minimum atomic E-state index is -4.36. The molecule has 0 radical (unpaired) electrons. The van der Waals surface area contributed by atoms with E-state index in [0.717, 1.165) is 31.7 Å². The molecule has 1 aromatic heterocycles. The maximum absolute atomic E-state index is 13.3. The number of hydrogen-bond donors (Lipinski definition) is 1. The third-order valence-corrected chi connectivity index (χ3v) is 4.57. The van der Waals surface area contributed by atoms with Crippen molar-refractivity contribution in [1.29, 1.82) is 0 Å². The molecule has 1 heterocycles. The Labute approximate surface area is 144 Å². The van der Waals surface area contributed by atoms with Gasteiger partial charge in [0.2, 0.25) is 5.89 Å². The van der Waals surface area contributed by atoms with Crippen molar-refractivity contribution in [2.75, 3.05) is 0 Å². The van der Waals surface area contributed by atoms with Crippen molar-refractivity contribution in [2.45, 2.75) is 57.5 Å². The average Bonchev–Trinajstić information content (AvgIpc) is 3.25. The summed E-state index contributed by atoms with van der Waals surface area (Å²) in [4.78, 5) is 6.20. The van der Waals surface area contributed by atoms with E-state index in [1.165, 1.54) is 12.1 Å². The fraction of sp³-hybridized carbons (Fsp3) is 0.529. The summed E-state index contributed by atoms with van der Waals surface area (Å²) in [6.45, 7) is 0.695. The van der Waals surface area contributed by atoms with Crippen LogP contribution in [0.2, 0.25) is 0 Å². The summed E-state index contributed by atoms with van der Waals surface area (Å²) in [7, 11) is 0. The van der Waals surface area contributed by atoms with Gasteiger partial charge in [-0.2, -0.15) is 18.2 Å². The molecule has 1 aliphatic carbocycles. The molecule has 25 heavy (non-hydrogen) atoms. The Morgan fingerprint density at radius 2 is 1.88 bits per heavy atom. The SMILES string of the molecule is NCc1nc(CN(Cc2ccccc2C(F)(F)F)C2CCCC2)no1. The quantitative estimate of drug-likeness (QED) is 0.860. The summed E-state index contributed by atoms with van der Waals surface area (Å²) in [5, 5.41) is 3.88. The molecule has 0 atom stereocenters. The van der Waals surface area contributed by atoms with Crippen molar-refractivity contribution in [3.05, 3.63) is 47.1 Å². The average molecular weight is 354 g/mol. The van der Waals surface area contributed by atoms with Crippen LogP contribution in [0.5, 0.6) is 0 Å². The lowest BCUT2D eigenvalue weighted by atomic mass is 10.1. The molecule has 1 fully saturated rings. The lowest BCUT2D eigenvalue weighted by Gasteiger charge is -2.28. The highest BCUT2D eigenvalue weighted by Gasteiger charge is 2.34.